The largest absolute Gasteiger partial charge is 0.871 e. The molecule has 2 N–H and O–H groups in total. The van der Waals surface area contributed by atoms with Crippen LogP contribution in [-0.4, -0.2) is 44.3 Å². The van der Waals surface area contributed by atoms with E-state index in [9.17, 15) is 9.90 Å². The second kappa shape index (κ2) is 8.19. The molecule has 0 radical (unpaired) electrons. The minimum Gasteiger partial charge on any atom is -0.871 e. The SMILES string of the molecule is O=c1oc2c(C[NH2+]CCN3CCOCC3)c([O-])c(Cl)cc2c2c1CCCC2. The molecule has 0 amide bonds. The van der Waals surface area contributed by atoms with Crippen molar-refractivity contribution in [1.29, 1.82) is 0 Å². The van der Waals surface area contributed by atoms with Crippen molar-refractivity contribution in [3.05, 3.63) is 38.2 Å². The number of hydrogen-bond acceptors (Lipinski definition) is 5. The highest BCUT2D eigenvalue weighted by Crippen LogP contribution is 2.35. The van der Waals surface area contributed by atoms with Gasteiger partial charge in [-0.2, -0.15) is 0 Å². The van der Waals surface area contributed by atoms with Crippen molar-refractivity contribution in [2.75, 3.05) is 39.4 Å². The van der Waals surface area contributed by atoms with Gasteiger partial charge in [-0.25, -0.2) is 4.79 Å². The van der Waals surface area contributed by atoms with Crippen LogP contribution in [0.5, 0.6) is 5.75 Å². The topological polar surface area (TPSA) is 82.4 Å². The Balaban J connectivity index is 1.58. The van der Waals surface area contributed by atoms with E-state index in [1.54, 1.807) is 6.07 Å². The van der Waals surface area contributed by atoms with Crippen LogP contribution in [0.4, 0.5) is 0 Å². The number of morpholine rings is 1. The molecule has 0 spiro atoms. The molecular formula is C20H25ClN2O4. The van der Waals surface area contributed by atoms with E-state index >= 15 is 0 Å². The van der Waals surface area contributed by atoms with E-state index in [2.05, 4.69) is 10.2 Å². The average molecular weight is 393 g/mol. The van der Waals surface area contributed by atoms with E-state index in [1.165, 1.54) is 0 Å². The fraction of sp³-hybridized carbons (Fsp3) is 0.550. The highest BCUT2D eigenvalue weighted by Gasteiger charge is 2.21. The third-order valence-electron chi connectivity index (χ3n) is 5.62. The van der Waals surface area contributed by atoms with E-state index in [1.807, 2.05) is 0 Å². The summed E-state index contributed by atoms with van der Waals surface area (Å²) in [5, 5.41) is 15.7. The van der Waals surface area contributed by atoms with Crippen LogP contribution in [0.25, 0.3) is 11.0 Å². The van der Waals surface area contributed by atoms with Crippen molar-refractivity contribution in [1.82, 2.24) is 4.90 Å². The summed E-state index contributed by atoms with van der Waals surface area (Å²) < 4.78 is 11.0. The van der Waals surface area contributed by atoms with Gasteiger partial charge < -0.3 is 19.6 Å². The van der Waals surface area contributed by atoms with E-state index in [0.717, 1.165) is 81.6 Å². The van der Waals surface area contributed by atoms with Crippen LogP contribution in [0, 0.1) is 0 Å². The van der Waals surface area contributed by atoms with Gasteiger partial charge in [0, 0.05) is 41.2 Å². The Morgan fingerprint density at radius 3 is 2.70 bits per heavy atom. The van der Waals surface area contributed by atoms with E-state index in [0.29, 0.717) is 17.7 Å². The summed E-state index contributed by atoms with van der Waals surface area (Å²) in [6.07, 6.45) is 3.62. The van der Waals surface area contributed by atoms with Crippen molar-refractivity contribution in [2.24, 2.45) is 0 Å². The molecule has 1 saturated heterocycles. The van der Waals surface area contributed by atoms with E-state index < -0.39 is 0 Å². The summed E-state index contributed by atoms with van der Waals surface area (Å²) in [5.41, 5.74) is 2.41. The van der Waals surface area contributed by atoms with Gasteiger partial charge in [-0.05, 0) is 37.3 Å². The van der Waals surface area contributed by atoms with Gasteiger partial charge in [0.05, 0.1) is 19.8 Å². The lowest BCUT2D eigenvalue weighted by Crippen LogP contribution is -2.84. The Labute approximate surface area is 163 Å². The molecular weight excluding hydrogens is 368 g/mol. The summed E-state index contributed by atoms with van der Waals surface area (Å²) in [6.45, 7) is 5.71. The molecule has 1 aliphatic carbocycles. The van der Waals surface area contributed by atoms with E-state index in [4.69, 9.17) is 20.8 Å². The maximum absolute atomic E-state index is 12.6. The molecule has 0 atom stereocenters. The molecule has 6 nitrogen and oxygen atoms in total. The number of aryl methyl sites for hydroxylation is 1. The zero-order valence-electron chi connectivity index (χ0n) is 15.4. The van der Waals surface area contributed by atoms with Gasteiger partial charge in [-0.15, -0.1) is 0 Å². The van der Waals surface area contributed by atoms with Gasteiger partial charge in [0.2, 0.25) is 0 Å². The minimum atomic E-state index is -0.298. The van der Waals surface area contributed by atoms with Crippen molar-refractivity contribution in [2.45, 2.75) is 32.2 Å². The van der Waals surface area contributed by atoms with Crippen LogP contribution in [-0.2, 0) is 24.1 Å². The molecule has 2 aromatic rings. The first-order valence-corrected chi connectivity index (χ1v) is 10.1. The Hall–Kier alpha value is -1.60. The Bertz CT molecular complexity index is 890. The molecule has 27 heavy (non-hydrogen) atoms. The van der Waals surface area contributed by atoms with Crippen LogP contribution < -0.4 is 16.0 Å². The molecule has 4 rings (SSSR count). The molecule has 1 aromatic heterocycles. The van der Waals surface area contributed by atoms with E-state index in [-0.39, 0.29) is 16.4 Å². The van der Waals surface area contributed by atoms with Gasteiger partial charge in [0.25, 0.3) is 0 Å². The van der Waals surface area contributed by atoms with Crippen molar-refractivity contribution in [3.8, 4) is 5.75 Å². The lowest BCUT2D eigenvalue weighted by Gasteiger charge is -2.26. The van der Waals surface area contributed by atoms with Gasteiger partial charge in [-0.1, -0.05) is 17.4 Å². The fourth-order valence-electron chi connectivity index (χ4n) is 4.12. The molecule has 1 aliphatic heterocycles. The number of quaternary nitrogens is 1. The molecule has 0 saturated carbocycles. The van der Waals surface area contributed by atoms with Crippen LogP contribution in [0.15, 0.2) is 15.3 Å². The lowest BCUT2D eigenvalue weighted by atomic mass is 9.90. The summed E-state index contributed by atoms with van der Waals surface area (Å²) in [6, 6.07) is 1.68. The van der Waals surface area contributed by atoms with Crippen LogP contribution in [0.2, 0.25) is 5.02 Å². The standard InChI is InChI=1S/C20H25ClN2O4/c21-17-11-15-13-3-1-2-4-14(13)20(25)27-19(15)16(18(17)24)12-22-5-6-23-7-9-26-10-8-23/h11,22,24H,1-10,12H2. The van der Waals surface area contributed by atoms with Crippen molar-refractivity contribution < 1.29 is 19.6 Å². The summed E-state index contributed by atoms with van der Waals surface area (Å²) >= 11 is 6.24. The Kier molecular flexibility index (Phi) is 5.68. The smallest absolute Gasteiger partial charge is 0.339 e. The normalized spacial score (nSPS) is 18.0. The number of rotatable bonds is 5. The van der Waals surface area contributed by atoms with Crippen LogP contribution in [0.3, 0.4) is 0 Å². The molecule has 2 heterocycles. The quantitative estimate of drug-likeness (QED) is 0.601. The molecule has 0 unspecified atom stereocenters. The predicted molar refractivity (Wildman–Crippen MR) is 101 cm³/mol. The van der Waals surface area contributed by atoms with Gasteiger partial charge in [-0.3, -0.25) is 4.90 Å². The number of nitrogens with zero attached hydrogens (tertiary/aromatic N) is 1. The number of benzene rings is 1. The third kappa shape index (κ3) is 3.85. The first kappa shape index (κ1) is 18.7. The summed E-state index contributed by atoms with van der Waals surface area (Å²) in [4.78, 5) is 14.8. The number of halogens is 1. The Morgan fingerprint density at radius 1 is 1.19 bits per heavy atom. The maximum atomic E-state index is 12.6. The lowest BCUT2D eigenvalue weighted by molar-refractivity contribution is -0.670. The zero-order valence-corrected chi connectivity index (χ0v) is 16.1. The highest BCUT2D eigenvalue weighted by atomic mass is 35.5. The number of fused-ring (bicyclic) bond motifs is 3. The van der Waals surface area contributed by atoms with Crippen LogP contribution >= 0.6 is 11.6 Å². The highest BCUT2D eigenvalue weighted by molar-refractivity contribution is 6.33. The first-order chi connectivity index (χ1) is 13.1. The van der Waals surface area contributed by atoms with Crippen molar-refractivity contribution >= 4 is 22.6 Å². The molecule has 1 fully saturated rings. The molecule has 146 valence electrons. The average Bonchev–Trinajstić information content (AvgIpc) is 2.70. The maximum Gasteiger partial charge on any atom is 0.339 e. The number of ether oxygens (including phenoxy) is 1. The second-order valence-electron chi connectivity index (χ2n) is 7.33. The minimum absolute atomic E-state index is 0.209. The zero-order chi connectivity index (χ0) is 18.8. The van der Waals surface area contributed by atoms with Crippen LogP contribution in [0.1, 0.15) is 29.5 Å². The number of nitrogens with two attached hydrogens (primary N) is 1. The molecule has 1 aromatic carbocycles. The molecule has 0 bridgehead atoms. The van der Waals surface area contributed by atoms with Gasteiger partial charge in [0.1, 0.15) is 12.1 Å². The number of hydrogen-bond donors (Lipinski definition) is 1. The van der Waals surface area contributed by atoms with Gasteiger partial charge >= 0.3 is 5.63 Å². The molecule has 7 heteroatoms. The van der Waals surface area contributed by atoms with Crippen molar-refractivity contribution in [3.63, 3.8) is 0 Å². The summed E-state index contributed by atoms with van der Waals surface area (Å²) in [7, 11) is 0. The predicted octanol–water partition coefficient (Wildman–Crippen LogP) is 0.794. The van der Waals surface area contributed by atoms with Gasteiger partial charge in [0.15, 0.2) is 0 Å². The molecule has 2 aliphatic rings. The summed E-state index contributed by atoms with van der Waals surface area (Å²) in [5.74, 6) is -0.231. The monoisotopic (exact) mass is 392 g/mol. The third-order valence-corrected chi connectivity index (χ3v) is 5.90. The Morgan fingerprint density at radius 2 is 1.93 bits per heavy atom. The fourth-order valence-corrected chi connectivity index (χ4v) is 4.34. The first-order valence-electron chi connectivity index (χ1n) is 9.74. The second-order valence-corrected chi connectivity index (χ2v) is 7.74.